The highest BCUT2D eigenvalue weighted by atomic mass is 35.5. The molecule has 0 spiro atoms. The molecule has 0 saturated carbocycles. The molecule has 1 heterocycles. The summed E-state index contributed by atoms with van der Waals surface area (Å²) in [6.45, 7) is 1.38. The highest BCUT2D eigenvalue weighted by Crippen LogP contribution is 2.35. The summed E-state index contributed by atoms with van der Waals surface area (Å²) >= 11 is 12.6. The highest BCUT2D eigenvalue weighted by molar-refractivity contribution is 6.37. The van der Waals surface area contributed by atoms with Gasteiger partial charge < -0.3 is 35.1 Å². The van der Waals surface area contributed by atoms with Gasteiger partial charge in [-0.2, -0.15) is 0 Å². The van der Waals surface area contributed by atoms with E-state index in [0.717, 1.165) is 5.56 Å². The number of carbonyl (C=O) groups excluding carboxylic acids is 2. The molecule has 5 atom stereocenters. The van der Waals surface area contributed by atoms with Crippen LogP contribution in [0.2, 0.25) is 10.0 Å². The lowest BCUT2D eigenvalue weighted by Gasteiger charge is -2.42. The lowest BCUT2D eigenvalue weighted by molar-refractivity contribution is -0.254. The number of ether oxygens (including phenoxy) is 3. The zero-order valence-corrected chi connectivity index (χ0v) is 20.0. The van der Waals surface area contributed by atoms with Gasteiger partial charge in [-0.15, -0.1) is 0 Å². The van der Waals surface area contributed by atoms with Gasteiger partial charge in [-0.05, 0) is 17.7 Å². The van der Waals surface area contributed by atoms with Crippen molar-refractivity contribution in [3.63, 3.8) is 0 Å². The maximum absolute atomic E-state index is 12.7. The van der Waals surface area contributed by atoms with Crippen molar-refractivity contribution >= 4 is 35.0 Å². The zero-order valence-electron chi connectivity index (χ0n) is 18.5. The average Bonchev–Trinajstić information content (AvgIpc) is 2.81. The Morgan fingerprint density at radius 2 is 1.74 bits per heavy atom. The standard InChI is InChI=1S/C23H26Cl2N2O7/c1-12(28)27-18-20(30)19(29)17(34-23(18)32-2)10-26-22(31)14-8-15(24)21(16(25)9-14)33-11-13-6-4-3-5-7-13/h3-9,17-20,23,29-30H,10-11H2,1-2H3,(H,26,31)(H,27,28)/t17-,18-,19-,20-,23+/m1/s1. The van der Waals surface area contributed by atoms with E-state index in [1.54, 1.807) is 0 Å². The number of rotatable bonds is 8. The van der Waals surface area contributed by atoms with Gasteiger partial charge in [-0.25, -0.2) is 0 Å². The number of methoxy groups -OCH3 is 1. The maximum atomic E-state index is 12.7. The van der Waals surface area contributed by atoms with Gasteiger partial charge in [-0.1, -0.05) is 53.5 Å². The molecule has 3 rings (SSSR count). The Kier molecular flexibility index (Phi) is 9.12. The molecule has 2 amide bonds. The topological polar surface area (TPSA) is 126 Å². The minimum atomic E-state index is -1.38. The number of nitrogens with one attached hydrogen (secondary N) is 2. The second-order valence-electron chi connectivity index (χ2n) is 7.74. The van der Waals surface area contributed by atoms with E-state index >= 15 is 0 Å². The fourth-order valence-electron chi connectivity index (χ4n) is 3.54. The first kappa shape index (κ1) is 26.2. The van der Waals surface area contributed by atoms with Crippen LogP contribution in [-0.4, -0.2) is 66.3 Å². The van der Waals surface area contributed by atoms with Crippen molar-refractivity contribution < 1.29 is 34.0 Å². The minimum absolute atomic E-state index is 0.148. The van der Waals surface area contributed by atoms with Crippen LogP contribution in [0, 0.1) is 0 Å². The van der Waals surface area contributed by atoms with Gasteiger partial charge in [0.25, 0.3) is 5.91 Å². The van der Waals surface area contributed by atoms with Crippen molar-refractivity contribution in [1.82, 2.24) is 10.6 Å². The van der Waals surface area contributed by atoms with Gasteiger partial charge in [0.2, 0.25) is 5.91 Å². The average molecular weight is 513 g/mol. The monoisotopic (exact) mass is 512 g/mol. The fraction of sp³-hybridized carbons (Fsp3) is 0.391. The summed E-state index contributed by atoms with van der Waals surface area (Å²) in [4.78, 5) is 24.0. The van der Waals surface area contributed by atoms with E-state index in [1.807, 2.05) is 30.3 Å². The molecule has 184 valence electrons. The fourth-order valence-corrected chi connectivity index (χ4v) is 4.14. The van der Waals surface area contributed by atoms with E-state index < -0.39 is 42.5 Å². The van der Waals surface area contributed by atoms with Crippen LogP contribution in [0.1, 0.15) is 22.8 Å². The minimum Gasteiger partial charge on any atom is -0.486 e. The van der Waals surface area contributed by atoms with Crippen LogP contribution in [0.5, 0.6) is 5.75 Å². The third kappa shape index (κ3) is 6.38. The molecule has 9 nitrogen and oxygen atoms in total. The molecule has 2 aromatic rings. The smallest absolute Gasteiger partial charge is 0.251 e. The quantitative estimate of drug-likeness (QED) is 0.425. The van der Waals surface area contributed by atoms with Crippen molar-refractivity contribution in [3.8, 4) is 5.75 Å². The summed E-state index contributed by atoms with van der Waals surface area (Å²) in [7, 11) is 1.34. The Hall–Kier alpha value is -2.40. The molecule has 11 heteroatoms. The molecule has 4 N–H and O–H groups in total. The summed E-state index contributed by atoms with van der Waals surface area (Å²) in [5, 5.41) is 26.2. The molecule has 0 unspecified atom stereocenters. The molecule has 34 heavy (non-hydrogen) atoms. The van der Waals surface area contributed by atoms with E-state index in [4.69, 9.17) is 37.4 Å². The molecule has 0 aromatic heterocycles. The summed E-state index contributed by atoms with van der Waals surface area (Å²) in [5.41, 5.74) is 1.10. The van der Waals surface area contributed by atoms with E-state index in [9.17, 15) is 19.8 Å². The van der Waals surface area contributed by atoms with Gasteiger partial charge in [-0.3, -0.25) is 9.59 Å². The molecule has 0 radical (unpaired) electrons. The number of benzene rings is 2. The summed E-state index contributed by atoms with van der Waals surface area (Å²) in [6.07, 6.45) is -4.76. The number of aliphatic hydroxyl groups is 2. The van der Waals surface area contributed by atoms with Gasteiger partial charge in [0.15, 0.2) is 12.0 Å². The van der Waals surface area contributed by atoms with E-state index in [-0.39, 0.29) is 34.5 Å². The van der Waals surface area contributed by atoms with Crippen LogP contribution in [0.15, 0.2) is 42.5 Å². The summed E-state index contributed by atoms with van der Waals surface area (Å²) in [5.74, 6) is -0.690. The Morgan fingerprint density at radius 3 is 2.32 bits per heavy atom. The first-order valence-electron chi connectivity index (χ1n) is 10.5. The second kappa shape index (κ2) is 11.8. The number of amides is 2. The molecule has 1 fully saturated rings. The Labute approximate surface area is 206 Å². The Morgan fingerprint density at radius 1 is 1.09 bits per heavy atom. The first-order chi connectivity index (χ1) is 16.2. The van der Waals surface area contributed by atoms with Crippen LogP contribution in [-0.2, 0) is 20.9 Å². The zero-order chi connectivity index (χ0) is 24.8. The Bertz CT molecular complexity index is 983. The largest absolute Gasteiger partial charge is 0.486 e. The highest BCUT2D eigenvalue weighted by Gasteiger charge is 2.45. The van der Waals surface area contributed by atoms with Crippen molar-refractivity contribution in [3.05, 3.63) is 63.6 Å². The predicted octanol–water partition coefficient (Wildman–Crippen LogP) is 1.90. The van der Waals surface area contributed by atoms with Crippen LogP contribution in [0.3, 0.4) is 0 Å². The van der Waals surface area contributed by atoms with Gasteiger partial charge in [0.05, 0.1) is 10.0 Å². The van der Waals surface area contributed by atoms with Gasteiger partial charge in [0.1, 0.15) is 31.0 Å². The third-order valence-electron chi connectivity index (χ3n) is 5.25. The van der Waals surface area contributed by atoms with Crippen molar-refractivity contribution in [2.45, 2.75) is 44.2 Å². The number of aliphatic hydroxyl groups excluding tert-OH is 2. The van der Waals surface area contributed by atoms with Crippen LogP contribution >= 0.6 is 23.2 Å². The first-order valence-corrected chi connectivity index (χ1v) is 11.2. The number of hydrogen-bond donors (Lipinski definition) is 4. The second-order valence-corrected chi connectivity index (χ2v) is 8.55. The summed E-state index contributed by atoms with van der Waals surface area (Å²) in [6, 6.07) is 11.3. The molecule has 0 aliphatic carbocycles. The van der Waals surface area contributed by atoms with E-state index in [1.165, 1.54) is 26.2 Å². The third-order valence-corrected chi connectivity index (χ3v) is 5.81. The van der Waals surface area contributed by atoms with Crippen molar-refractivity contribution in [1.29, 1.82) is 0 Å². The normalized spacial score (nSPS) is 24.4. The van der Waals surface area contributed by atoms with E-state index in [2.05, 4.69) is 10.6 Å². The summed E-state index contributed by atoms with van der Waals surface area (Å²) < 4.78 is 16.5. The van der Waals surface area contributed by atoms with Crippen LogP contribution in [0.4, 0.5) is 0 Å². The Balaban J connectivity index is 1.62. The SMILES string of the molecule is CO[C@H]1O[C@H](CNC(=O)c2cc(Cl)c(OCc3ccccc3)c(Cl)c2)[C@@H](O)[C@H](O)[C@H]1NC(C)=O. The van der Waals surface area contributed by atoms with Crippen molar-refractivity contribution in [2.75, 3.05) is 13.7 Å². The number of hydrogen-bond acceptors (Lipinski definition) is 7. The van der Waals surface area contributed by atoms with E-state index in [0.29, 0.717) is 0 Å². The van der Waals surface area contributed by atoms with Crippen molar-refractivity contribution in [2.24, 2.45) is 0 Å². The molecular weight excluding hydrogens is 487 g/mol. The van der Waals surface area contributed by atoms with Gasteiger partial charge >= 0.3 is 0 Å². The molecule has 0 bridgehead atoms. The van der Waals surface area contributed by atoms with Gasteiger partial charge in [0, 0.05) is 26.1 Å². The van der Waals surface area contributed by atoms with Crippen LogP contribution < -0.4 is 15.4 Å². The number of halogens is 2. The lowest BCUT2D eigenvalue weighted by Crippen LogP contribution is -2.65. The molecular formula is C23H26Cl2N2O7. The maximum Gasteiger partial charge on any atom is 0.251 e. The molecule has 1 aliphatic rings. The van der Waals surface area contributed by atoms with Crippen LogP contribution in [0.25, 0.3) is 0 Å². The molecule has 1 saturated heterocycles. The molecule has 1 aliphatic heterocycles. The molecule has 2 aromatic carbocycles. The number of carbonyl (C=O) groups is 2. The lowest BCUT2D eigenvalue weighted by atomic mass is 9.96. The predicted molar refractivity (Wildman–Crippen MR) is 125 cm³/mol.